The molecule has 26 heavy (non-hydrogen) atoms. The van der Waals surface area contributed by atoms with Gasteiger partial charge in [0.2, 0.25) is 0 Å². The van der Waals surface area contributed by atoms with Crippen molar-refractivity contribution in [3.8, 4) is 5.75 Å². The number of aliphatic hydroxyl groups is 1. The predicted octanol–water partition coefficient (Wildman–Crippen LogP) is 2.74. The fraction of sp³-hybridized carbons (Fsp3) is 0.211. The lowest BCUT2D eigenvalue weighted by molar-refractivity contribution is 0.347. The van der Waals surface area contributed by atoms with Gasteiger partial charge in [-0.3, -0.25) is 10.4 Å². The number of fused-ring (bicyclic) bond motifs is 1. The fourth-order valence-electron chi connectivity index (χ4n) is 3.24. The summed E-state index contributed by atoms with van der Waals surface area (Å²) in [5.74, 6) is 1.73. The molecule has 132 valence electrons. The van der Waals surface area contributed by atoms with Gasteiger partial charge in [-0.15, -0.1) is 0 Å². The van der Waals surface area contributed by atoms with Crippen LogP contribution in [0.2, 0.25) is 0 Å². The minimum Gasteiger partial charge on any atom is -0.510 e. The van der Waals surface area contributed by atoms with E-state index in [1.165, 1.54) is 0 Å². The zero-order valence-electron chi connectivity index (χ0n) is 14.6. The highest BCUT2D eigenvalue weighted by Crippen LogP contribution is 2.30. The lowest BCUT2D eigenvalue weighted by atomic mass is 10.2. The van der Waals surface area contributed by atoms with Crippen molar-refractivity contribution in [1.29, 1.82) is 5.41 Å². The number of aryl methyl sites for hydroxylation is 1. The van der Waals surface area contributed by atoms with Crippen molar-refractivity contribution in [2.24, 2.45) is 7.05 Å². The van der Waals surface area contributed by atoms with Crippen molar-refractivity contribution in [2.75, 3.05) is 13.7 Å². The number of nitrogens with zero attached hydrogens (tertiary/aromatic N) is 4. The summed E-state index contributed by atoms with van der Waals surface area (Å²) < 4.78 is 7.15. The lowest BCUT2D eigenvalue weighted by Gasteiger charge is -2.18. The number of rotatable bonds is 4. The molecule has 0 bridgehead atoms. The number of nitrogens with one attached hydrogen (secondary N) is 1. The zero-order valence-corrected chi connectivity index (χ0v) is 14.6. The van der Waals surface area contributed by atoms with Gasteiger partial charge in [0.25, 0.3) is 0 Å². The Morgan fingerprint density at radius 2 is 2.00 bits per heavy atom. The van der Waals surface area contributed by atoms with Gasteiger partial charge in [-0.2, -0.15) is 0 Å². The third-order valence-corrected chi connectivity index (χ3v) is 4.62. The Labute approximate surface area is 150 Å². The Hall–Kier alpha value is -3.35. The van der Waals surface area contributed by atoms with Crippen LogP contribution in [0, 0.1) is 5.41 Å². The number of benzene rings is 1. The third-order valence-electron chi connectivity index (χ3n) is 4.62. The van der Waals surface area contributed by atoms with Crippen LogP contribution in [0.25, 0.3) is 16.6 Å². The standard InChI is InChI=1S/C19H19N5O2/c1-23-15-4-3-13(26-2)9-14(15)22-19(23)17-16(25)11-24(18(17)20)10-12-5-7-21-8-6-12/h3-9,20,25H,10-11H2,1-2H3. The molecule has 0 saturated carbocycles. The molecule has 0 unspecified atom stereocenters. The average molecular weight is 349 g/mol. The molecule has 0 saturated heterocycles. The van der Waals surface area contributed by atoms with Crippen LogP contribution < -0.4 is 4.74 Å². The van der Waals surface area contributed by atoms with Crippen LogP contribution in [0.5, 0.6) is 5.75 Å². The quantitative estimate of drug-likeness (QED) is 0.756. The molecular weight excluding hydrogens is 330 g/mol. The lowest BCUT2D eigenvalue weighted by Crippen LogP contribution is -2.26. The molecule has 0 aliphatic carbocycles. The van der Waals surface area contributed by atoms with Gasteiger partial charge in [0.1, 0.15) is 23.2 Å². The van der Waals surface area contributed by atoms with E-state index in [1.54, 1.807) is 19.5 Å². The van der Waals surface area contributed by atoms with Gasteiger partial charge in [0.05, 0.1) is 30.3 Å². The topological polar surface area (TPSA) is 87.3 Å². The van der Waals surface area contributed by atoms with Gasteiger partial charge in [0, 0.05) is 32.1 Å². The van der Waals surface area contributed by atoms with Crippen LogP contribution in [-0.4, -0.2) is 44.0 Å². The number of amidine groups is 1. The van der Waals surface area contributed by atoms with Crippen molar-refractivity contribution in [3.05, 3.63) is 59.9 Å². The Morgan fingerprint density at radius 3 is 2.73 bits per heavy atom. The summed E-state index contributed by atoms with van der Waals surface area (Å²) in [6, 6.07) is 9.46. The van der Waals surface area contributed by atoms with E-state index in [-0.39, 0.29) is 11.6 Å². The largest absolute Gasteiger partial charge is 0.510 e. The fourth-order valence-corrected chi connectivity index (χ4v) is 3.24. The molecule has 0 amide bonds. The summed E-state index contributed by atoms with van der Waals surface area (Å²) in [4.78, 5) is 10.5. The summed E-state index contributed by atoms with van der Waals surface area (Å²) >= 11 is 0. The molecule has 0 spiro atoms. The van der Waals surface area contributed by atoms with Crippen molar-refractivity contribution in [3.63, 3.8) is 0 Å². The minimum atomic E-state index is 0.162. The molecule has 1 aliphatic heterocycles. The van der Waals surface area contributed by atoms with Gasteiger partial charge in [-0.1, -0.05) is 0 Å². The second kappa shape index (κ2) is 6.18. The monoisotopic (exact) mass is 349 g/mol. The summed E-state index contributed by atoms with van der Waals surface area (Å²) in [7, 11) is 3.50. The normalized spacial score (nSPS) is 14.5. The molecule has 2 aromatic heterocycles. The van der Waals surface area contributed by atoms with Gasteiger partial charge in [-0.05, 0) is 29.8 Å². The Kier molecular flexibility index (Phi) is 3.84. The Balaban J connectivity index is 1.69. The number of aromatic nitrogens is 3. The van der Waals surface area contributed by atoms with E-state index in [4.69, 9.17) is 10.1 Å². The number of ether oxygens (including phenoxy) is 1. The molecule has 1 aliphatic rings. The zero-order chi connectivity index (χ0) is 18.3. The first-order chi connectivity index (χ1) is 12.6. The van der Waals surface area contributed by atoms with Crippen LogP contribution >= 0.6 is 0 Å². The van der Waals surface area contributed by atoms with Gasteiger partial charge in [-0.25, -0.2) is 4.98 Å². The first-order valence-electron chi connectivity index (χ1n) is 8.24. The molecule has 0 fully saturated rings. The molecule has 3 heterocycles. The molecule has 7 heteroatoms. The van der Waals surface area contributed by atoms with Gasteiger partial charge < -0.3 is 19.3 Å². The maximum atomic E-state index is 10.5. The van der Waals surface area contributed by atoms with E-state index in [0.29, 0.717) is 24.5 Å². The maximum absolute atomic E-state index is 10.5. The molecule has 4 rings (SSSR count). The number of hydrogen-bond acceptors (Lipinski definition) is 5. The SMILES string of the molecule is COc1ccc2c(c1)nc(C1=C(O)CN(Cc3ccncc3)C1=N)n2C. The Morgan fingerprint density at radius 1 is 1.23 bits per heavy atom. The minimum absolute atomic E-state index is 0.162. The smallest absolute Gasteiger partial charge is 0.148 e. The van der Waals surface area contributed by atoms with E-state index >= 15 is 0 Å². The Bertz CT molecular complexity index is 1020. The van der Waals surface area contributed by atoms with Crippen molar-refractivity contribution >= 4 is 22.4 Å². The number of pyridine rings is 1. The van der Waals surface area contributed by atoms with E-state index in [9.17, 15) is 5.11 Å². The van der Waals surface area contributed by atoms with Gasteiger partial charge >= 0.3 is 0 Å². The average Bonchev–Trinajstić information content (AvgIpc) is 3.11. The van der Waals surface area contributed by atoms with Crippen LogP contribution in [0.4, 0.5) is 0 Å². The van der Waals surface area contributed by atoms with Crippen LogP contribution in [0.1, 0.15) is 11.4 Å². The first-order valence-corrected chi connectivity index (χ1v) is 8.24. The maximum Gasteiger partial charge on any atom is 0.148 e. The molecule has 3 aromatic rings. The first kappa shape index (κ1) is 16.1. The van der Waals surface area contributed by atoms with Crippen molar-refractivity contribution in [2.45, 2.75) is 6.54 Å². The number of imidazole rings is 1. The second-order valence-corrected chi connectivity index (χ2v) is 6.23. The van der Waals surface area contributed by atoms with Crippen molar-refractivity contribution < 1.29 is 9.84 Å². The van der Waals surface area contributed by atoms with Crippen molar-refractivity contribution in [1.82, 2.24) is 19.4 Å². The van der Waals surface area contributed by atoms with E-state index in [1.807, 2.05) is 46.8 Å². The number of methoxy groups -OCH3 is 1. The highest BCUT2D eigenvalue weighted by atomic mass is 16.5. The van der Waals surface area contributed by atoms with E-state index in [0.717, 1.165) is 22.3 Å². The molecule has 2 N–H and O–H groups in total. The number of aliphatic hydroxyl groups excluding tert-OH is 1. The summed E-state index contributed by atoms with van der Waals surface area (Å²) in [5, 5.41) is 19.1. The van der Waals surface area contributed by atoms with Gasteiger partial charge in [0.15, 0.2) is 0 Å². The highest BCUT2D eigenvalue weighted by molar-refractivity contribution is 6.23. The van der Waals surface area contributed by atoms with Crippen LogP contribution in [-0.2, 0) is 13.6 Å². The summed E-state index contributed by atoms with van der Waals surface area (Å²) in [6.45, 7) is 0.829. The van der Waals surface area contributed by atoms with E-state index in [2.05, 4.69) is 9.97 Å². The summed E-state index contributed by atoms with van der Waals surface area (Å²) in [6.07, 6.45) is 3.45. The summed E-state index contributed by atoms with van der Waals surface area (Å²) in [5.41, 5.74) is 3.19. The predicted molar refractivity (Wildman–Crippen MR) is 99.2 cm³/mol. The third kappa shape index (κ3) is 2.57. The molecule has 7 nitrogen and oxygen atoms in total. The molecular formula is C19H19N5O2. The van der Waals surface area contributed by atoms with E-state index < -0.39 is 0 Å². The molecule has 0 radical (unpaired) electrons. The molecule has 1 aromatic carbocycles. The number of hydrogen-bond donors (Lipinski definition) is 2. The second-order valence-electron chi connectivity index (χ2n) is 6.23. The van der Waals surface area contributed by atoms with Crippen LogP contribution in [0.3, 0.4) is 0 Å². The van der Waals surface area contributed by atoms with Crippen LogP contribution in [0.15, 0.2) is 48.5 Å². The highest BCUT2D eigenvalue weighted by Gasteiger charge is 2.31. The molecule has 0 atom stereocenters.